The molecule has 4 atom stereocenters. The molecule has 2 amide bonds. The van der Waals surface area contributed by atoms with Crippen LogP contribution in [0.5, 0.6) is 0 Å². The van der Waals surface area contributed by atoms with Crippen LogP contribution in [0.15, 0.2) is 12.7 Å². The van der Waals surface area contributed by atoms with Gasteiger partial charge in [-0.05, 0) is 63.2 Å². The number of alkyl carbamates (subject to hydrolysis) is 2. The Bertz CT molecular complexity index is 746. The fraction of sp³-hybridized carbons (Fsp3) is 0.821. The van der Waals surface area contributed by atoms with Crippen molar-refractivity contribution in [1.29, 1.82) is 0 Å². The van der Waals surface area contributed by atoms with Gasteiger partial charge in [0.1, 0.15) is 0 Å². The van der Waals surface area contributed by atoms with Gasteiger partial charge in [0.05, 0.1) is 19.8 Å². The number of ether oxygens (including phenoxy) is 4. The number of carbonyl (C=O) groups is 3. The summed E-state index contributed by atoms with van der Waals surface area (Å²) in [6, 6.07) is 0. The molecule has 2 N–H and O–H groups in total. The summed E-state index contributed by atoms with van der Waals surface area (Å²) in [6.07, 6.45) is 10.4. The Kier molecular flexibility index (Phi) is 13.2. The van der Waals surface area contributed by atoms with Crippen molar-refractivity contribution in [3.8, 4) is 0 Å². The van der Waals surface area contributed by atoms with E-state index in [1.165, 1.54) is 6.42 Å². The number of hydrogen-bond donors (Lipinski definition) is 2. The maximum Gasteiger partial charge on any atom is 0.407 e. The zero-order chi connectivity index (χ0) is 27.2. The number of methoxy groups -OCH3 is 1. The number of nitrogens with one attached hydrogen (secondary N) is 2. The second-order valence-electron chi connectivity index (χ2n) is 11.5. The number of carbonyl (C=O) groups excluding carboxylic acids is 3. The van der Waals surface area contributed by atoms with E-state index in [1.807, 2.05) is 0 Å². The van der Waals surface area contributed by atoms with Gasteiger partial charge in [-0.3, -0.25) is 0 Å². The zero-order valence-electron chi connectivity index (χ0n) is 23.1. The Morgan fingerprint density at radius 1 is 0.865 bits per heavy atom. The van der Waals surface area contributed by atoms with Crippen LogP contribution in [0.25, 0.3) is 0 Å². The minimum absolute atomic E-state index is 0.0197. The second kappa shape index (κ2) is 15.8. The lowest BCUT2D eigenvalue weighted by Gasteiger charge is -2.42. The van der Waals surface area contributed by atoms with E-state index in [2.05, 4.69) is 31.1 Å². The Labute approximate surface area is 222 Å². The summed E-state index contributed by atoms with van der Waals surface area (Å²) in [4.78, 5) is 35.3. The lowest BCUT2D eigenvalue weighted by Crippen LogP contribution is -2.37. The molecule has 2 aliphatic carbocycles. The van der Waals surface area contributed by atoms with Crippen LogP contribution in [0.1, 0.15) is 78.1 Å². The summed E-state index contributed by atoms with van der Waals surface area (Å²) in [5.74, 6) is 0.741. The van der Waals surface area contributed by atoms with Crippen molar-refractivity contribution in [2.75, 3.05) is 46.6 Å². The SMILES string of the molecule is C=CC(=O)OCCCNC(=O)OCC1(C)CC2CCC(C)(COC(=O)NCCCOC)CCC[C@H](C2)C1. The van der Waals surface area contributed by atoms with Crippen molar-refractivity contribution >= 4 is 18.2 Å². The van der Waals surface area contributed by atoms with Gasteiger partial charge >= 0.3 is 18.2 Å². The van der Waals surface area contributed by atoms with E-state index in [-0.39, 0.29) is 23.5 Å². The molecule has 0 radical (unpaired) electrons. The predicted octanol–water partition coefficient (Wildman–Crippen LogP) is 4.99. The number of fused-ring (bicyclic) bond motifs is 2. The van der Waals surface area contributed by atoms with Gasteiger partial charge in [-0.15, -0.1) is 0 Å². The Balaban J connectivity index is 1.76. The molecule has 2 aliphatic rings. The number of amides is 2. The van der Waals surface area contributed by atoms with E-state index >= 15 is 0 Å². The molecule has 0 aromatic rings. The van der Waals surface area contributed by atoms with Crippen LogP contribution in [0.4, 0.5) is 9.59 Å². The normalized spacial score (nSPS) is 27.5. The minimum atomic E-state index is -0.465. The molecule has 0 spiro atoms. The first kappa shape index (κ1) is 30.9. The van der Waals surface area contributed by atoms with Crippen LogP contribution in [-0.4, -0.2) is 64.8 Å². The van der Waals surface area contributed by atoms with Gasteiger partial charge in [0.25, 0.3) is 0 Å². The van der Waals surface area contributed by atoms with Gasteiger partial charge in [0.15, 0.2) is 0 Å². The van der Waals surface area contributed by atoms with Crippen LogP contribution >= 0.6 is 0 Å². The molecule has 212 valence electrons. The molecular weight excluding hydrogens is 476 g/mol. The van der Waals surface area contributed by atoms with E-state index < -0.39 is 12.1 Å². The zero-order valence-corrected chi connectivity index (χ0v) is 23.1. The Hall–Kier alpha value is -2.29. The van der Waals surface area contributed by atoms with E-state index in [4.69, 9.17) is 18.9 Å². The molecule has 0 saturated heterocycles. The predicted molar refractivity (Wildman–Crippen MR) is 141 cm³/mol. The highest BCUT2D eigenvalue weighted by Crippen LogP contribution is 2.48. The van der Waals surface area contributed by atoms with Gasteiger partial charge in [0, 0.05) is 43.7 Å². The first-order valence-corrected chi connectivity index (χ1v) is 13.8. The average molecular weight is 525 g/mol. The molecule has 0 heterocycles. The van der Waals surface area contributed by atoms with Crippen molar-refractivity contribution in [1.82, 2.24) is 10.6 Å². The molecule has 3 unspecified atom stereocenters. The fourth-order valence-electron chi connectivity index (χ4n) is 5.80. The molecule has 9 heteroatoms. The lowest BCUT2D eigenvalue weighted by atomic mass is 9.65. The molecule has 0 aliphatic heterocycles. The first-order chi connectivity index (χ1) is 17.7. The van der Waals surface area contributed by atoms with E-state index in [9.17, 15) is 14.4 Å². The molecule has 0 aromatic carbocycles. The monoisotopic (exact) mass is 524 g/mol. The van der Waals surface area contributed by atoms with Crippen molar-refractivity contribution in [2.45, 2.75) is 78.1 Å². The Morgan fingerprint density at radius 3 is 2.08 bits per heavy atom. The van der Waals surface area contributed by atoms with Crippen LogP contribution in [0.2, 0.25) is 0 Å². The van der Waals surface area contributed by atoms with E-state index in [1.54, 1.807) is 7.11 Å². The van der Waals surface area contributed by atoms with Gasteiger partial charge in [-0.25, -0.2) is 14.4 Å². The largest absolute Gasteiger partial charge is 0.462 e. The third-order valence-corrected chi connectivity index (χ3v) is 7.68. The molecule has 2 fully saturated rings. The summed E-state index contributed by atoms with van der Waals surface area (Å²) in [5.41, 5.74) is -0.0577. The van der Waals surface area contributed by atoms with E-state index in [0.29, 0.717) is 51.2 Å². The summed E-state index contributed by atoms with van der Waals surface area (Å²) in [6.45, 7) is 10.5. The molecular formula is C28H48N2O7. The molecule has 2 rings (SSSR count). The molecule has 9 nitrogen and oxygen atoms in total. The summed E-state index contributed by atoms with van der Waals surface area (Å²) >= 11 is 0. The highest BCUT2D eigenvalue weighted by atomic mass is 16.6. The van der Waals surface area contributed by atoms with Gasteiger partial charge in [-0.2, -0.15) is 0 Å². The summed E-state index contributed by atoms with van der Waals surface area (Å²) in [5, 5.41) is 5.54. The highest BCUT2D eigenvalue weighted by molar-refractivity contribution is 5.81. The van der Waals surface area contributed by atoms with Gasteiger partial charge in [-0.1, -0.05) is 33.3 Å². The molecule has 2 saturated carbocycles. The van der Waals surface area contributed by atoms with Crippen LogP contribution < -0.4 is 10.6 Å². The number of rotatable bonds is 13. The molecule has 0 aromatic heterocycles. The van der Waals surface area contributed by atoms with Crippen molar-refractivity contribution in [3.05, 3.63) is 12.7 Å². The van der Waals surface area contributed by atoms with Gasteiger partial charge < -0.3 is 29.6 Å². The maximum absolute atomic E-state index is 12.2. The topological polar surface area (TPSA) is 112 Å². The average Bonchev–Trinajstić information content (AvgIpc) is 2.92. The second-order valence-corrected chi connectivity index (χ2v) is 11.5. The van der Waals surface area contributed by atoms with Crippen LogP contribution in [0, 0.1) is 22.7 Å². The van der Waals surface area contributed by atoms with Crippen molar-refractivity contribution < 1.29 is 33.3 Å². The first-order valence-electron chi connectivity index (χ1n) is 13.8. The van der Waals surface area contributed by atoms with Crippen molar-refractivity contribution in [2.24, 2.45) is 22.7 Å². The smallest absolute Gasteiger partial charge is 0.407 e. The third-order valence-electron chi connectivity index (χ3n) is 7.68. The third kappa shape index (κ3) is 12.2. The minimum Gasteiger partial charge on any atom is -0.462 e. The standard InChI is InChI=1S/C28H48N2O7/c1-5-24(31)35-16-8-14-30-26(33)37-21-28(3)18-22-9-6-11-27(2,12-10-23(17-22)19-28)20-36-25(32)29-13-7-15-34-4/h5,22-23H,1,6-21H2,2-4H3,(H,29,32)(H,30,33)/t22-,23?,27?,28?/m1/s1. The van der Waals surface area contributed by atoms with Gasteiger partial charge in [0.2, 0.25) is 0 Å². The summed E-state index contributed by atoms with van der Waals surface area (Å²) < 4.78 is 21.1. The maximum atomic E-state index is 12.2. The van der Waals surface area contributed by atoms with Crippen LogP contribution in [0.3, 0.4) is 0 Å². The van der Waals surface area contributed by atoms with Crippen LogP contribution in [-0.2, 0) is 23.7 Å². The molecule has 37 heavy (non-hydrogen) atoms. The number of esters is 1. The lowest BCUT2D eigenvalue weighted by molar-refractivity contribution is -0.137. The van der Waals surface area contributed by atoms with Crippen molar-refractivity contribution in [3.63, 3.8) is 0 Å². The highest BCUT2D eigenvalue weighted by Gasteiger charge is 2.40. The van der Waals surface area contributed by atoms with E-state index in [0.717, 1.165) is 57.4 Å². The Morgan fingerprint density at radius 2 is 1.46 bits per heavy atom. The summed E-state index contributed by atoms with van der Waals surface area (Å²) in [7, 11) is 1.65. The quantitative estimate of drug-likeness (QED) is 0.151. The fourth-order valence-corrected chi connectivity index (χ4v) is 5.80. The molecule has 2 bridgehead atoms. The number of hydrogen-bond acceptors (Lipinski definition) is 7.